The van der Waals surface area contributed by atoms with E-state index in [2.05, 4.69) is 33.8 Å². The summed E-state index contributed by atoms with van der Waals surface area (Å²) >= 11 is 0. The van der Waals surface area contributed by atoms with Crippen LogP contribution in [0.15, 0.2) is 42.5 Å². The normalized spacial score (nSPS) is 22.0. The summed E-state index contributed by atoms with van der Waals surface area (Å²) in [5.41, 5.74) is 5.51. The van der Waals surface area contributed by atoms with Crippen LogP contribution in [-0.2, 0) is 13.0 Å². The van der Waals surface area contributed by atoms with Crippen molar-refractivity contribution in [3.05, 3.63) is 65.0 Å². The third kappa shape index (κ3) is 3.42. The maximum atomic E-state index is 12.8. The summed E-state index contributed by atoms with van der Waals surface area (Å²) in [6.07, 6.45) is 5.21. The van der Waals surface area contributed by atoms with Gasteiger partial charge in [-0.25, -0.2) is 4.98 Å². The molecule has 2 aromatic carbocycles. The largest absolute Gasteiger partial charge is 0.349 e. The number of aromatic nitrogens is 2. The lowest BCUT2D eigenvalue weighted by Crippen LogP contribution is -2.38. The highest BCUT2D eigenvalue weighted by atomic mass is 16.1. The molecule has 1 aromatic heterocycles. The van der Waals surface area contributed by atoms with Gasteiger partial charge < -0.3 is 15.6 Å². The first-order valence-electron chi connectivity index (χ1n) is 10.3. The van der Waals surface area contributed by atoms with Crippen LogP contribution in [0.5, 0.6) is 0 Å². The third-order valence-electron chi connectivity index (χ3n) is 6.16. The van der Waals surface area contributed by atoms with Crippen molar-refractivity contribution < 1.29 is 4.79 Å². The molecule has 1 saturated carbocycles. The average molecular weight is 374 g/mol. The number of fused-ring (bicyclic) bond motifs is 2. The molecular weight excluding hydrogens is 348 g/mol. The monoisotopic (exact) mass is 374 g/mol. The second kappa shape index (κ2) is 7.40. The van der Waals surface area contributed by atoms with Crippen LogP contribution in [0.2, 0.25) is 0 Å². The minimum atomic E-state index is 0.0524. The molecule has 0 bridgehead atoms. The summed E-state index contributed by atoms with van der Waals surface area (Å²) in [5, 5.41) is 6.66. The number of carbonyl (C=O) groups excluding carboxylic acids is 1. The number of hydrogen-bond donors (Lipinski definition) is 3. The summed E-state index contributed by atoms with van der Waals surface area (Å²) in [4.78, 5) is 21.1. The lowest BCUT2D eigenvalue weighted by atomic mass is 9.85. The maximum absolute atomic E-state index is 12.8. The SMILES string of the molecule is O=C(NC1CCCC(c2nc3ccccc3[nH]2)C1)c1ccc2c(c1)CCNC2. The van der Waals surface area contributed by atoms with Crippen molar-refractivity contribution in [3.8, 4) is 0 Å². The van der Waals surface area contributed by atoms with Crippen LogP contribution in [0, 0.1) is 0 Å². The molecule has 2 unspecified atom stereocenters. The van der Waals surface area contributed by atoms with Crippen molar-refractivity contribution >= 4 is 16.9 Å². The van der Waals surface area contributed by atoms with Crippen LogP contribution in [0.25, 0.3) is 11.0 Å². The van der Waals surface area contributed by atoms with E-state index in [-0.39, 0.29) is 11.9 Å². The Bertz CT molecular complexity index is 976. The van der Waals surface area contributed by atoms with Crippen molar-refractivity contribution in [2.45, 2.75) is 50.6 Å². The Morgan fingerprint density at radius 1 is 1.11 bits per heavy atom. The number of amides is 1. The zero-order chi connectivity index (χ0) is 18.9. The predicted octanol–water partition coefficient (Wildman–Crippen LogP) is 3.66. The number of hydrogen-bond acceptors (Lipinski definition) is 3. The van der Waals surface area contributed by atoms with Gasteiger partial charge in [-0.15, -0.1) is 0 Å². The Kier molecular flexibility index (Phi) is 4.61. The highest BCUT2D eigenvalue weighted by Gasteiger charge is 2.27. The standard InChI is InChI=1S/C23H26N4O/c28-23(17-8-9-18-14-24-11-10-15(18)12-17)25-19-5-3-4-16(13-19)22-26-20-6-1-2-7-21(20)27-22/h1-2,6-9,12,16,19,24H,3-5,10-11,13-14H2,(H,25,28)(H,26,27). The van der Waals surface area contributed by atoms with Gasteiger partial charge in [0.25, 0.3) is 5.91 Å². The molecule has 2 aliphatic rings. The van der Waals surface area contributed by atoms with Crippen molar-refractivity contribution in [2.24, 2.45) is 0 Å². The van der Waals surface area contributed by atoms with Gasteiger partial charge in [-0.3, -0.25) is 4.79 Å². The second-order valence-electron chi connectivity index (χ2n) is 8.08. The summed E-state index contributed by atoms with van der Waals surface area (Å²) in [6, 6.07) is 14.5. The number of benzene rings is 2. The highest BCUT2D eigenvalue weighted by Crippen LogP contribution is 2.32. The number of nitrogens with zero attached hydrogens (tertiary/aromatic N) is 1. The molecule has 0 radical (unpaired) electrons. The fourth-order valence-corrected chi connectivity index (χ4v) is 4.62. The van der Waals surface area contributed by atoms with E-state index in [0.717, 1.165) is 67.6 Å². The van der Waals surface area contributed by atoms with Crippen LogP contribution >= 0.6 is 0 Å². The van der Waals surface area contributed by atoms with Gasteiger partial charge in [0, 0.05) is 24.1 Å². The van der Waals surface area contributed by atoms with Gasteiger partial charge in [0.15, 0.2) is 0 Å². The number of imidazole rings is 1. The molecule has 1 fully saturated rings. The van der Waals surface area contributed by atoms with Crippen molar-refractivity contribution in [1.29, 1.82) is 0 Å². The van der Waals surface area contributed by atoms with Crippen molar-refractivity contribution in [1.82, 2.24) is 20.6 Å². The van der Waals surface area contributed by atoms with E-state index in [1.54, 1.807) is 0 Å². The van der Waals surface area contributed by atoms with E-state index >= 15 is 0 Å². The molecule has 144 valence electrons. The average Bonchev–Trinajstić information content (AvgIpc) is 3.18. The minimum absolute atomic E-state index is 0.0524. The van der Waals surface area contributed by atoms with Gasteiger partial charge >= 0.3 is 0 Å². The van der Waals surface area contributed by atoms with Crippen LogP contribution in [0.1, 0.15) is 58.9 Å². The number of nitrogens with one attached hydrogen (secondary N) is 3. The van der Waals surface area contributed by atoms with Crippen molar-refractivity contribution in [2.75, 3.05) is 6.54 Å². The predicted molar refractivity (Wildman–Crippen MR) is 110 cm³/mol. The first-order valence-corrected chi connectivity index (χ1v) is 10.3. The molecule has 5 nitrogen and oxygen atoms in total. The molecule has 0 spiro atoms. The minimum Gasteiger partial charge on any atom is -0.349 e. The molecule has 2 heterocycles. The highest BCUT2D eigenvalue weighted by molar-refractivity contribution is 5.94. The van der Waals surface area contributed by atoms with E-state index in [0.29, 0.717) is 5.92 Å². The molecule has 1 aliphatic carbocycles. The van der Waals surface area contributed by atoms with Gasteiger partial charge in [-0.2, -0.15) is 0 Å². The lowest BCUT2D eigenvalue weighted by Gasteiger charge is -2.29. The maximum Gasteiger partial charge on any atom is 0.251 e. The van der Waals surface area contributed by atoms with E-state index in [1.165, 1.54) is 11.1 Å². The number of H-pyrrole nitrogens is 1. The summed E-state index contributed by atoms with van der Waals surface area (Å²) in [6.45, 7) is 1.89. The zero-order valence-corrected chi connectivity index (χ0v) is 16.0. The number of para-hydroxylation sites is 2. The lowest BCUT2D eigenvalue weighted by molar-refractivity contribution is 0.0924. The first kappa shape index (κ1) is 17.4. The van der Waals surface area contributed by atoms with Gasteiger partial charge in [-0.05, 0) is 67.6 Å². The van der Waals surface area contributed by atoms with Crippen LogP contribution in [-0.4, -0.2) is 28.5 Å². The summed E-state index contributed by atoms with van der Waals surface area (Å²) in [7, 11) is 0. The Labute approximate surface area is 164 Å². The van der Waals surface area contributed by atoms with Crippen molar-refractivity contribution in [3.63, 3.8) is 0 Å². The Hall–Kier alpha value is -2.66. The van der Waals surface area contributed by atoms with E-state index in [1.807, 2.05) is 24.3 Å². The molecule has 3 aromatic rings. The molecule has 0 saturated heterocycles. The summed E-state index contributed by atoms with van der Waals surface area (Å²) < 4.78 is 0. The van der Waals surface area contributed by atoms with Gasteiger partial charge in [0.2, 0.25) is 0 Å². The molecule has 1 amide bonds. The smallest absolute Gasteiger partial charge is 0.251 e. The van der Waals surface area contributed by atoms with E-state index in [4.69, 9.17) is 4.98 Å². The number of rotatable bonds is 3. The fourth-order valence-electron chi connectivity index (χ4n) is 4.62. The van der Waals surface area contributed by atoms with Crippen LogP contribution < -0.4 is 10.6 Å². The molecule has 3 N–H and O–H groups in total. The zero-order valence-electron chi connectivity index (χ0n) is 16.0. The number of carbonyl (C=O) groups is 1. The second-order valence-corrected chi connectivity index (χ2v) is 8.08. The molecule has 1 aliphatic heterocycles. The molecule has 5 rings (SSSR count). The quantitative estimate of drug-likeness (QED) is 0.655. The Morgan fingerprint density at radius 3 is 2.96 bits per heavy atom. The van der Waals surface area contributed by atoms with Gasteiger partial charge in [0.05, 0.1) is 11.0 Å². The summed E-state index contributed by atoms with van der Waals surface area (Å²) in [5.74, 6) is 1.49. The molecular formula is C23H26N4O. The van der Waals surface area contributed by atoms with E-state index in [9.17, 15) is 4.79 Å². The van der Waals surface area contributed by atoms with Gasteiger partial charge in [-0.1, -0.05) is 24.6 Å². The molecule has 28 heavy (non-hydrogen) atoms. The Balaban J connectivity index is 1.28. The fraction of sp³-hybridized carbons (Fsp3) is 0.391. The van der Waals surface area contributed by atoms with Crippen LogP contribution in [0.4, 0.5) is 0 Å². The third-order valence-corrected chi connectivity index (χ3v) is 6.16. The van der Waals surface area contributed by atoms with Gasteiger partial charge in [0.1, 0.15) is 5.82 Å². The van der Waals surface area contributed by atoms with Crippen LogP contribution in [0.3, 0.4) is 0 Å². The topological polar surface area (TPSA) is 69.8 Å². The molecule has 5 heteroatoms. The Morgan fingerprint density at radius 2 is 2.04 bits per heavy atom. The van der Waals surface area contributed by atoms with E-state index < -0.39 is 0 Å². The molecule has 2 atom stereocenters. The number of aromatic amines is 1. The first-order chi connectivity index (χ1) is 13.8.